The average Bonchev–Trinajstić information content (AvgIpc) is 3.88. The molecule has 5 aromatic heterocycles. The minimum Gasteiger partial charge on any atom is -0.308 e. The highest BCUT2D eigenvalue weighted by molar-refractivity contribution is 7.30. The maximum absolute atomic E-state index is 5.05. The first-order chi connectivity index (χ1) is 25.3. The lowest BCUT2D eigenvalue weighted by Gasteiger charge is -2.12. The molecule has 0 N–H and O–H groups in total. The summed E-state index contributed by atoms with van der Waals surface area (Å²) >= 11 is 3.64. The summed E-state index contributed by atoms with van der Waals surface area (Å²) < 4.78 is 7.30. The fourth-order valence-electron chi connectivity index (χ4n) is 7.39. The van der Waals surface area contributed by atoms with E-state index in [1.54, 1.807) is 17.7 Å². The van der Waals surface area contributed by atoms with Gasteiger partial charge in [-0.15, -0.1) is 22.7 Å². The number of thiophene rings is 2. The van der Waals surface area contributed by atoms with Gasteiger partial charge >= 0.3 is 0 Å². The highest BCUT2D eigenvalue weighted by Gasteiger charge is 2.25. The van der Waals surface area contributed by atoms with Crippen LogP contribution in [-0.2, 0) is 0 Å². The Morgan fingerprint density at radius 1 is 0.490 bits per heavy atom. The third kappa shape index (κ3) is 4.30. The van der Waals surface area contributed by atoms with Crippen molar-refractivity contribution < 1.29 is 0 Å². The zero-order valence-electron chi connectivity index (χ0n) is 26.9. The Kier molecular flexibility index (Phi) is 6.19. The number of fused-ring (bicyclic) bond motifs is 12. The molecule has 5 heterocycles. The molecule has 0 saturated carbocycles. The van der Waals surface area contributed by atoms with Crippen LogP contribution in [0.15, 0.2) is 146 Å². The monoisotopic (exact) mass is 688 g/mol. The number of para-hydroxylation sites is 1. The van der Waals surface area contributed by atoms with Crippen molar-refractivity contribution in [2.75, 3.05) is 0 Å². The van der Waals surface area contributed by atoms with Gasteiger partial charge in [-0.25, -0.2) is 24.9 Å². The van der Waals surface area contributed by atoms with Crippen LogP contribution in [-0.4, -0.2) is 29.5 Å². The highest BCUT2D eigenvalue weighted by atomic mass is 32.1. The van der Waals surface area contributed by atoms with Crippen molar-refractivity contribution in [3.05, 3.63) is 146 Å². The summed E-state index contributed by atoms with van der Waals surface area (Å²) in [6.07, 6.45) is 3.62. The van der Waals surface area contributed by atoms with Crippen LogP contribution in [0.25, 0.3) is 102 Å². The average molecular weight is 689 g/mol. The zero-order chi connectivity index (χ0) is 33.5. The summed E-state index contributed by atoms with van der Waals surface area (Å²) in [6.45, 7) is 0. The van der Waals surface area contributed by atoms with E-state index in [4.69, 9.17) is 19.9 Å². The van der Waals surface area contributed by atoms with Gasteiger partial charge in [0, 0.05) is 64.9 Å². The largest absolute Gasteiger partial charge is 0.308 e. The Bertz CT molecular complexity index is 3090. The zero-order valence-corrected chi connectivity index (χ0v) is 28.5. The number of nitrogens with zero attached hydrogens (tertiary/aromatic N) is 6. The number of aromatic nitrogens is 6. The molecule has 8 heteroatoms. The summed E-state index contributed by atoms with van der Waals surface area (Å²) in [5.74, 6) is 1.91. The van der Waals surface area contributed by atoms with Gasteiger partial charge in [-0.05, 0) is 24.3 Å². The van der Waals surface area contributed by atoms with E-state index in [2.05, 4.69) is 82.3 Å². The van der Waals surface area contributed by atoms with Crippen LogP contribution in [0.1, 0.15) is 0 Å². The Morgan fingerprint density at radius 2 is 1.12 bits per heavy atom. The van der Waals surface area contributed by atoms with Gasteiger partial charge in [0.1, 0.15) is 6.33 Å². The van der Waals surface area contributed by atoms with Crippen molar-refractivity contribution in [3.63, 3.8) is 0 Å². The van der Waals surface area contributed by atoms with E-state index in [0.29, 0.717) is 17.5 Å². The quantitative estimate of drug-likeness (QED) is 0.184. The van der Waals surface area contributed by atoms with Crippen LogP contribution in [0.4, 0.5) is 0 Å². The summed E-state index contributed by atoms with van der Waals surface area (Å²) in [6, 6.07) is 46.3. The van der Waals surface area contributed by atoms with Crippen LogP contribution >= 0.6 is 22.7 Å². The molecule has 0 saturated heterocycles. The molecular formula is C43H24N6S2. The molecule has 0 bridgehead atoms. The van der Waals surface area contributed by atoms with E-state index in [9.17, 15) is 0 Å². The molecule has 6 aromatic carbocycles. The first-order valence-corrected chi connectivity index (χ1v) is 18.3. The molecular weight excluding hydrogens is 665 g/mol. The van der Waals surface area contributed by atoms with Gasteiger partial charge < -0.3 is 4.57 Å². The van der Waals surface area contributed by atoms with Gasteiger partial charge in [-0.2, -0.15) is 0 Å². The van der Waals surface area contributed by atoms with Gasteiger partial charge in [0.15, 0.2) is 17.5 Å². The van der Waals surface area contributed by atoms with Gasteiger partial charge in [0.05, 0.1) is 25.9 Å². The van der Waals surface area contributed by atoms with E-state index in [-0.39, 0.29) is 0 Å². The Balaban J connectivity index is 1.24. The van der Waals surface area contributed by atoms with Gasteiger partial charge in [0.2, 0.25) is 0 Å². The maximum Gasteiger partial charge on any atom is 0.164 e. The predicted molar refractivity (Wildman–Crippen MR) is 212 cm³/mol. The van der Waals surface area contributed by atoms with Crippen molar-refractivity contribution in [2.45, 2.75) is 0 Å². The first-order valence-electron chi connectivity index (χ1n) is 16.7. The topological polar surface area (TPSA) is 69.4 Å². The van der Waals surface area contributed by atoms with Gasteiger partial charge in [-0.3, -0.25) is 0 Å². The minimum absolute atomic E-state index is 0.625. The summed E-state index contributed by atoms with van der Waals surface area (Å²) in [4.78, 5) is 24.3. The molecule has 51 heavy (non-hydrogen) atoms. The number of benzene rings is 6. The fourth-order valence-corrected chi connectivity index (χ4v) is 9.91. The summed E-state index contributed by atoms with van der Waals surface area (Å²) in [7, 11) is 0. The van der Waals surface area contributed by atoms with Crippen molar-refractivity contribution in [2.24, 2.45) is 0 Å². The SMILES string of the molecule is c1ccc(-c2nc(-c3ccccc3)nc(-c3cccc(-n4c5ccccc5c5c6c7ncncc7sc6c6c7ccccc7sc6c54)c3)n2)cc1. The van der Waals surface area contributed by atoms with E-state index < -0.39 is 0 Å². The molecule has 0 aliphatic rings. The Labute approximate surface area is 299 Å². The van der Waals surface area contributed by atoms with Crippen LogP contribution in [0.3, 0.4) is 0 Å². The molecule has 0 fully saturated rings. The number of hydrogen-bond donors (Lipinski definition) is 0. The third-order valence-electron chi connectivity index (χ3n) is 9.58. The molecule has 6 nitrogen and oxygen atoms in total. The molecule has 0 unspecified atom stereocenters. The molecule has 0 aliphatic carbocycles. The van der Waals surface area contributed by atoms with Crippen LogP contribution in [0, 0.1) is 0 Å². The van der Waals surface area contributed by atoms with Crippen molar-refractivity contribution >= 4 is 85.0 Å². The number of hydrogen-bond acceptors (Lipinski definition) is 7. The molecule has 0 radical (unpaired) electrons. The van der Waals surface area contributed by atoms with Crippen molar-refractivity contribution in [1.82, 2.24) is 29.5 Å². The Hall–Kier alpha value is -6.35. The van der Waals surface area contributed by atoms with Gasteiger partial charge in [0.25, 0.3) is 0 Å². The van der Waals surface area contributed by atoms with E-state index in [1.807, 2.05) is 78.2 Å². The maximum atomic E-state index is 5.05. The van der Waals surface area contributed by atoms with Crippen LogP contribution in [0.5, 0.6) is 0 Å². The first kappa shape index (κ1) is 28.5. The second kappa shape index (κ2) is 11.1. The lowest BCUT2D eigenvalue weighted by Crippen LogP contribution is -2.01. The van der Waals surface area contributed by atoms with Crippen LogP contribution < -0.4 is 0 Å². The number of rotatable bonds is 4. The van der Waals surface area contributed by atoms with Crippen LogP contribution in [0.2, 0.25) is 0 Å². The van der Waals surface area contributed by atoms with Gasteiger partial charge in [-0.1, -0.05) is 109 Å². The Morgan fingerprint density at radius 3 is 1.88 bits per heavy atom. The lowest BCUT2D eigenvalue weighted by molar-refractivity contribution is 1.07. The minimum atomic E-state index is 0.625. The highest BCUT2D eigenvalue weighted by Crippen LogP contribution is 2.51. The summed E-state index contributed by atoms with van der Waals surface area (Å²) in [5.41, 5.74) is 7.15. The molecule has 0 atom stereocenters. The third-order valence-corrected chi connectivity index (χ3v) is 11.9. The normalized spacial score (nSPS) is 11.9. The van der Waals surface area contributed by atoms with Crippen molar-refractivity contribution in [3.8, 4) is 39.9 Å². The fraction of sp³-hybridized carbons (Fsp3) is 0. The molecule has 0 aliphatic heterocycles. The second-order valence-corrected chi connectivity index (χ2v) is 14.6. The molecule has 238 valence electrons. The smallest absolute Gasteiger partial charge is 0.164 e. The predicted octanol–water partition coefficient (Wildman–Crippen LogP) is 11.5. The lowest BCUT2D eigenvalue weighted by atomic mass is 10.0. The molecule has 11 rings (SSSR count). The second-order valence-electron chi connectivity index (χ2n) is 12.5. The molecule has 0 amide bonds. The van der Waals surface area contributed by atoms with Crippen molar-refractivity contribution in [1.29, 1.82) is 0 Å². The molecule has 0 spiro atoms. The van der Waals surface area contributed by atoms with E-state index in [0.717, 1.165) is 38.1 Å². The summed E-state index contributed by atoms with van der Waals surface area (Å²) in [5, 5.41) is 6.14. The molecule has 11 aromatic rings. The standard InChI is InChI=1S/C43H24N6S2/c1-3-12-25(13-4-1)41-46-42(26-14-5-2-6-15-26)48-43(47-41)27-16-11-17-28(22-27)49-31-20-9-7-18-29(31)34-36-37-33(23-44-24-45-37)51-39(36)35-30-19-8-10-21-32(30)50-40(35)38(34)49/h1-24H. The van der Waals surface area contributed by atoms with E-state index in [1.165, 1.54) is 46.5 Å². The van der Waals surface area contributed by atoms with E-state index >= 15 is 0 Å².